The highest BCUT2D eigenvalue weighted by molar-refractivity contribution is 6.38. The maximum absolute atomic E-state index is 13.1. The number of halogens is 2. The van der Waals surface area contributed by atoms with Gasteiger partial charge in [0.1, 0.15) is 11.5 Å². The van der Waals surface area contributed by atoms with E-state index in [9.17, 15) is 4.39 Å². The number of hydrogen-bond donors (Lipinski definition) is 1. The fourth-order valence-corrected chi connectivity index (χ4v) is 1.97. The SMILES string of the molecule is Cc1nc(-c2[nH]c3ccc(F)cc3c2Cl)no1. The zero-order chi connectivity index (χ0) is 12.0. The molecular formula is C11H7ClFN3O. The van der Waals surface area contributed by atoms with E-state index in [0.717, 1.165) is 5.52 Å². The van der Waals surface area contributed by atoms with Crippen LogP contribution in [0.4, 0.5) is 4.39 Å². The van der Waals surface area contributed by atoms with Gasteiger partial charge in [-0.05, 0) is 18.2 Å². The third kappa shape index (κ3) is 1.59. The number of nitrogens with one attached hydrogen (secondary N) is 1. The Kier molecular flexibility index (Phi) is 2.16. The maximum Gasteiger partial charge on any atom is 0.223 e. The number of aromatic amines is 1. The lowest BCUT2D eigenvalue weighted by atomic mass is 10.2. The molecule has 6 heteroatoms. The average molecular weight is 252 g/mol. The highest BCUT2D eigenvalue weighted by Crippen LogP contribution is 2.33. The number of nitrogens with zero attached hydrogens (tertiary/aromatic N) is 2. The Morgan fingerprint density at radius 3 is 2.94 bits per heavy atom. The van der Waals surface area contributed by atoms with Gasteiger partial charge in [0.05, 0.1) is 5.02 Å². The van der Waals surface area contributed by atoms with E-state index in [4.69, 9.17) is 16.1 Å². The van der Waals surface area contributed by atoms with Crippen LogP contribution in [0.1, 0.15) is 5.89 Å². The lowest BCUT2D eigenvalue weighted by Gasteiger charge is -1.90. The number of aromatic nitrogens is 3. The van der Waals surface area contributed by atoms with E-state index in [0.29, 0.717) is 27.8 Å². The molecule has 0 aliphatic carbocycles. The van der Waals surface area contributed by atoms with Crippen molar-refractivity contribution in [3.63, 3.8) is 0 Å². The van der Waals surface area contributed by atoms with Gasteiger partial charge in [0.2, 0.25) is 11.7 Å². The average Bonchev–Trinajstić information content (AvgIpc) is 2.84. The summed E-state index contributed by atoms with van der Waals surface area (Å²) in [5.74, 6) is 0.472. The summed E-state index contributed by atoms with van der Waals surface area (Å²) in [5, 5.41) is 4.76. The normalized spacial score (nSPS) is 11.2. The van der Waals surface area contributed by atoms with E-state index in [1.807, 2.05) is 0 Å². The zero-order valence-electron chi connectivity index (χ0n) is 8.79. The van der Waals surface area contributed by atoms with Crippen molar-refractivity contribution in [2.24, 2.45) is 0 Å². The molecule has 1 N–H and O–H groups in total. The quantitative estimate of drug-likeness (QED) is 0.722. The van der Waals surface area contributed by atoms with Crippen LogP contribution in [0.3, 0.4) is 0 Å². The Labute approximate surface area is 100 Å². The second-order valence-electron chi connectivity index (χ2n) is 3.64. The predicted molar refractivity (Wildman–Crippen MR) is 61.3 cm³/mol. The topological polar surface area (TPSA) is 54.7 Å². The van der Waals surface area contributed by atoms with Crippen molar-refractivity contribution < 1.29 is 8.91 Å². The Morgan fingerprint density at radius 2 is 2.24 bits per heavy atom. The second kappa shape index (κ2) is 3.56. The number of rotatable bonds is 1. The van der Waals surface area contributed by atoms with Crippen molar-refractivity contribution in [3.05, 3.63) is 34.9 Å². The Hall–Kier alpha value is -1.88. The van der Waals surface area contributed by atoms with E-state index in [-0.39, 0.29) is 5.82 Å². The molecule has 3 aromatic rings. The highest BCUT2D eigenvalue weighted by Gasteiger charge is 2.16. The number of hydrogen-bond acceptors (Lipinski definition) is 3. The molecule has 1 aromatic carbocycles. The van der Waals surface area contributed by atoms with Gasteiger partial charge in [0.25, 0.3) is 0 Å². The van der Waals surface area contributed by atoms with Crippen LogP contribution in [-0.2, 0) is 0 Å². The monoisotopic (exact) mass is 251 g/mol. The standard InChI is InChI=1S/C11H7ClFN3O/c1-5-14-11(16-17-5)10-9(12)7-4-6(13)2-3-8(7)15-10/h2-4,15H,1H3. The third-order valence-corrected chi connectivity index (χ3v) is 2.84. The van der Waals surface area contributed by atoms with E-state index < -0.39 is 0 Å². The van der Waals surface area contributed by atoms with Crippen LogP contribution in [0, 0.1) is 12.7 Å². The summed E-state index contributed by atoms with van der Waals surface area (Å²) in [6, 6.07) is 4.35. The van der Waals surface area contributed by atoms with Crippen molar-refractivity contribution in [1.29, 1.82) is 0 Å². The summed E-state index contributed by atoms with van der Waals surface area (Å²) >= 11 is 6.15. The van der Waals surface area contributed by atoms with Crippen molar-refractivity contribution in [2.45, 2.75) is 6.92 Å². The van der Waals surface area contributed by atoms with Crippen LogP contribution in [0.5, 0.6) is 0 Å². The molecule has 4 nitrogen and oxygen atoms in total. The first kappa shape index (κ1) is 10.3. The lowest BCUT2D eigenvalue weighted by molar-refractivity contribution is 0.394. The third-order valence-electron chi connectivity index (χ3n) is 2.45. The number of fused-ring (bicyclic) bond motifs is 1. The van der Waals surface area contributed by atoms with Crippen molar-refractivity contribution in [2.75, 3.05) is 0 Å². The Bertz CT molecular complexity index is 704. The number of aryl methyl sites for hydroxylation is 1. The molecule has 0 saturated heterocycles. The van der Waals surface area contributed by atoms with E-state index in [1.54, 1.807) is 13.0 Å². The minimum Gasteiger partial charge on any atom is -0.351 e. The van der Waals surface area contributed by atoms with Crippen LogP contribution in [-0.4, -0.2) is 15.1 Å². The summed E-state index contributed by atoms with van der Waals surface area (Å²) in [5.41, 5.74) is 1.26. The van der Waals surface area contributed by atoms with Gasteiger partial charge in [-0.3, -0.25) is 0 Å². The molecule has 0 fully saturated rings. The van der Waals surface area contributed by atoms with Gasteiger partial charge in [0.15, 0.2) is 0 Å². The summed E-state index contributed by atoms with van der Waals surface area (Å²) < 4.78 is 18.0. The molecule has 2 heterocycles. The fraction of sp³-hybridized carbons (Fsp3) is 0.0909. The highest BCUT2D eigenvalue weighted by atomic mass is 35.5. The molecule has 3 rings (SSSR count). The summed E-state index contributed by atoms with van der Waals surface area (Å²) in [4.78, 5) is 7.11. The molecule has 0 unspecified atom stereocenters. The maximum atomic E-state index is 13.1. The first-order chi connectivity index (χ1) is 8.15. The van der Waals surface area contributed by atoms with Crippen molar-refractivity contribution in [1.82, 2.24) is 15.1 Å². The van der Waals surface area contributed by atoms with Crippen LogP contribution in [0.15, 0.2) is 22.7 Å². The molecule has 0 radical (unpaired) electrons. The molecule has 0 amide bonds. The first-order valence-corrected chi connectivity index (χ1v) is 5.30. The van der Waals surface area contributed by atoms with Gasteiger partial charge in [-0.2, -0.15) is 4.98 Å². The molecule has 0 aliphatic rings. The minimum absolute atomic E-state index is 0.339. The lowest BCUT2D eigenvalue weighted by Crippen LogP contribution is -1.80. The van der Waals surface area contributed by atoms with Crippen LogP contribution in [0.2, 0.25) is 5.02 Å². The van der Waals surface area contributed by atoms with Gasteiger partial charge < -0.3 is 9.51 Å². The Morgan fingerprint density at radius 1 is 1.41 bits per heavy atom. The predicted octanol–water partition coefficient (Wildman–Crippen LogP) is 3.32. The fourth-order valence-electron chi connectivity index (χ4n) is 1.69. The molecule has 0 bridgehead atoms. The molecule has 17 heavy (non-hydrogen) atoms. The minimum atomic E-state index is -0.339. The number of H-pyrrole nitrogens is 1. The molecule has 0 atom stereocenters. The molecule has 0 saturated carbocycles. The van der Waals surface area contributed by atoms with E-state index in [2.05, 4.69) is 15.1 Å². The first-order valence-electron chi connectivity index (χ1n) is 4.92. The number of benzene rings is 1. The summed E-state index contributed by atoms with van der Waals surface area (Å²) in [6.45, 7) is 1.69. The van der Waals surface area contributed by atoms with Crippen LogP contribution >= 0.6 is 11.6 Å². The van der Waals surface area contributed by atoms with E-state index >= 15 is 0 Å². The van der Waals surface area contributed by atoms with Crippen molar-refractivity contribution in [3.8, 4) is 11.5 Å². The smallest absolute Gasteiger partial charge is 0.223 e. The van der Waals surface area contributed by atoms with Crippen LogP contribution in [0.25, 0.3) is 22.4 Å². The Balaban J connectivity index is 2.27. The van der Waals surface area contributed by atoms with Crippen LogP contribution < -0.4 is 0 Å². The molecule has 2 aromatic heterocycles. The summed E-state index contributed by atoms with van der Waals surface area (Å²) in [6.07, 6.45) is 0. The van der Waals surface area contributed by atoms with Gasteiger partial charge in [-0.15, -0.1) is 0 Å². The molecule has 0 spiro atoms. The van der Waals surface area contributed by atoms with Gasteiger partial charge >= 0.3 is 0 Å². The molecular weight excluding hydrogens is 245 g/mol. The van der Waals surface area contributed by atoms with Crippen molar-refractivity contribution >= 4 is 22.5 Å². The van der Waals surface area contributed by atoms with E-state index in [1.165, 1.54) is 12.1 Å². The summed E-state index contributed by atoms with van der Waals surface area (Å²) in [7, 11) is 0. The second-order valence-corrected chi connectivity index (χ2v) is 4.02. The largest absolute Gasteiger partial charge is 0.351 e. The van der Waals surface area contributed by atoms with Gasteiger partial charge in [-0.1, -0.05) is 16.8 Å². The van der Waals surface area contributed by atoms with Gasteiger partial charge in [0, 0.05) is 17.8 Å². The van der Waals surface area contributed by atoms with Gasteiger partial charge in [-0.25, -0.2) is 4.39 Å². The zero-order valence-corrected chi connectivity index (χ0v) is 9.55. The molecule has 86 valence electrons. The molecule has 0 aliphatic heterocycles.